The minimum Gasteiger partial charge on any atom is -0.313 e. The predicted molar refractivity (Wildman–Crippen MR) is 73.0 cm³/mol. The third kappa shape index (κ3) is 3.02. The fraction of sp³-hybridized carbons (Fsp3) is 0.250. The Morgan fingerprint density at radius 2 is 1.65 bits per heavy atom. The molecule has 2 rings (SSSR count). The minimum atomic E-state index is -0.908. The first-order valence-corrected chi connectivity index (χ1v) is 6.39. The van der Waals surface area contributed by atoms with Crippen LogP contribution in [0.4, 0.5) is 13.2 Å². The minimum absolute atomic E-state index is 0.128. The molecule has 0 amide bonds. The van der Waals surface area contributed by atoms with Crippen molar-refractivity contribution in [3.05, 3.63) is 70.5 Å². The van der Waals surface area contributed by atoms with Gasteiger partial charge in [0.05, 0.1) is 0 Å². The van der Waals surface area contributed by atoms with Crippen LogP contribution in [0.1, 0.15) is 22.7 Å². The predicted octanol–water partition coefficient (Wildman–Crippen LogP) is 3.92. The summed E-state index contributed by atoms with van der Waals surface area (Å²) in [5.41, 5.74) is 1.92. The fourth-order valence-corrected chi connectivity index (χ4v) is 2.29. The number of nitrogens with one attached hydrogen (secondary N) is 1. The first-order valence-electron chi connectivity index (χ1n) is 6.39. The average molecular weight is 279 g/mol. The van der Waals surface area contributed by atoms with Crippen molar-refractivity contribution in [2.24, 2.45) is 0 Å². The van der Waals surface area contributed by atoms with Crippen molar-refractivity contribution < 1.29 is 13.2 Å². The summed E-state index contributed by atoms with van der Waals surface area (Å²) in [5.74, 6) is -2.64. The Labute approximate surface area is 116 Å². The van der Waals surface area contributed by atoms with Gasteiger partial charge in [0, 0.05) is 23.7 Å². The second kappa shape index (κ2) is 6.09. The van der Waals surface area contributed by atoms with Gasteiger partial charge in [-0.1, -0.05) is 24.3 Å². The highest BCUT2D eigenvalue weighted by molar-refractivity contribution is 5.30. The van der Waals surface area contributed by atoms with Crippen molar-refractivity contribution in [1.29, 1.82) is 0 Å². The molecule has 4 heteroatoms. The van der Waals surface area contributed by atoms with Crippen LogP contribution in [0.3, 0.4) is 0 Å². The van der Waals surface area contributed by atoms with Crippen LogP contribution in [0.25, 0.3) is 0 Å². The van der Waals surface area contributed by atoms with E-state index in [1.165, 1.54) is 0 Å². The topological polar surface area (TPSA) is 12.0 Å². The molecule has 2 aromatic carbocycles. The highest BCUT2D eigenvalue weighted by Crippen LogP contribution is 2.25. The molecule has 0 bridgehead atoms. The molecule has 0 aromatic heterocycles. The van der Waals surface area contributed by atoms with Crippen molar-refractivity contribution in [3.63, 3.8) is 0 Å². The normalized spacial score (nSPS) is 12.4. The molecule has 0 aliphatic carbocycles. The summed E-state index contributed by atoms with van der Waals surface area (Å²) in [7, 11) is 1.63. The molecule has 20 heavy (non-hydrogen) atoms. The van der Waals surface area contributed by atoms with Crippen LogP contribution in [0.5, 0.6) is 0 Å². The molecule has 1 N–H and O–H groups in total. The average Bonchev–Trinajstić information content (AvgIpc) is 2.38. The van der Waals surface area contributed by atoms with Gasteiger partial charge in [-0.15, -0.1) is 0 Å². The third-order valence-corrected chi connectivity index (χ3v) is 3.43. The molecule has 0 radical (unpaired) electrons. The van der Waals surface area contributed by atoms with Crippen LogP contribution >= 0.6 is 0 Å². The van der Waals surface area contributed by atoms with E-state index >= 15 is 0 Å². The highest BCUT2D eigenvalue weighted by atomic mass is 19.1. The van der Waals surface area contributed by atoms with Crippen LogP contribution in [-0.4, -0.2) is 7.05 Å². The van der Waals surface area contributed by atoms with Crippen LogP contribution in [0.15, 0.2) is 36.4 Å². The van der Waals surface area contributed by atoms with E-state index in [4.69, 9.17) is 0 Å². The summed E-state index contributed by atoms with van der Waals surface area (Å²) < 4.78 is 40.6. The van der Waals surface area contributed by atoms with Crippen molar-refractivity contribution in [3.8, 4) is 0 Å². The zero-order valence-electron chi connectivity index (χ0n) is 11.4. The molecule has 0 aliphatic heterocycles. The Hall–Kier alpha value is -1.81. The van der Waals surface area contributed by atoms with Gasteiger partial charge in [-0.2, -0.15) is 0 Å². The molecular weight excluding hydrogens is 263 g/mol. The molecule has 0 saturated carbocycles. The number of likely N-dealkylation sites (N-methyl/N-ethyl adjacent to an activating group) is 1. The maximum Gasteiger partial charge on any atom is 0.133 e. The van der Waals surface area contributed by atoms with Gasteiger partial charge in [0.25, 0.3) is 0 Å². The maximum absolute atomic E-state index is 13.8. The van der Waals surface area contributed by atoms with E-state index in [0.717, 1.165) is 11.1 Å². The molecule has 1 unspecified atom stereocenters. The van der Waals surface area contributed by atoms with E-state index in [9.17, 15) is 13.2 Å². The second-order valence-corrected chi connectivity index (χ2v) is 4.75. The van der Waals surface area contributed by atoms with Gasteiger partial charge in [-0.3, -0.25) is 0 Å². The maximum atomic E-state index is 13.8. The van der Waals surface area contributed by atoms with Gasteiger partial charge in [-0.05, 0) is 31.5 Å². The molecule has 2 aromatic rings. The number of hydrogen-bond donors (Lipinski definition) is 1. The van der Waals surface area contributed by atoms with E-state index in [1.54, 1.807) is 7.05 Å². The Bertz CT molecular complexity index is 587. The smallest absolute Gasteiger partial charge is 0.133 e. The first-order chi connectivity index (χ1) is 9.52. The van der Waals surface area contributed by atoms with E-state index in [2.05, 4.69) is 5.32 Å². The lowest BCUT2D eigenvalue weighted by Gasteiger charge is -2.19. The van der Waals surface area contributed by atoms with Crippen LogP contribution in [0, 0.1) is 24.4 Å². The second-order valence-electron chi connectivity index (χ2n) is 4.75. The highest BCUT2D eigenvalue weighted by Gasteiger charge is 2.21. The van der Waals surface area contributed by atoms with Crippen molar-refractivity contribution in [1.82, 2.24) is 5.32 Å². The van der Waals surface area contributed by atoms with Gasteiger partial charge in [0.15, 0.2) is 0 Å². The zero-order chi connectivity index (χ0) is 14.7. The van der Waals surface area contributed by atoms with Gasteiger partial charge in [0.2, 0.25) is 0 Å². The van der Waals surface area contributed by atoms with E-state index in [1.807, 2.05) is 31.2 Å². The van der Waals surface area contributed by atoms with Gasteiger partial charge in [0.1, 0.15) is 17.5 Å². The quantitative estimate of drug-likeness (QED) is 0.894. The largest absolute Gasteiger partial charge is 0.313 e. The van der Waals surface area contributed by atoms with Crippen molar-refractivity contribution >= 4 is 0 Å². The molecule has 0 aliphatic rings. The summed E-state index contributed by atoms with van der Waals surface area (Å²) in [6.45, 7) is 1.94. The molecule has 0 heterocycles. The molecule has 1 atom stereocenters. The standard InChI is InChI=1S/C16H16F3N/c1-10-5-3-4-6-11(10)7-15(20-2)16-13(18)8-12(17)9-14(16)19/h3-6,8-9,15,20H,7H2,1-2H3. The number of aryl methyl sites for hydroxylation is 1. The monoisotopic (exact) mass is 279 g/mol. The summed E-state index contributed by atoms with van der Waals surface area (Å²) in [6, 6.07) is 8.52. The van der Waals surface area contributed by atoms with Crippen molar-refractivity contribution in [2.45, 2.75) is 19.4 Å². The summed E-state index contributed by atoms with van der Waals surface area (Å²) >= 11 is 0. The number of halogens is 3. The van der Waals surface area contributed by atoms with E-state index in [0.29, 0.717) is 18.6 Å². The van der Waals surface area contributed by atoms with Crippen molar-refractivity contribution in [2.75, 3.05) is 7.05 Å². The lowest BCUT2D eigenvalue weighted by Crippen LogP contribution is -2.22. The van der Waals surface area contributed by atoms with E-state index < -0.39 is 23.5 Å². The zero-order valence-corrected chi connectivity index (χ0v) is 11.4. The lowest BCUT2D eigenvalue weighted by molar-refractivity contribution is 0.474. The van der Waals surface area contributed by atoms with Gasteiger partial charge >= 0.3 is 0 Å². The molecule has 0 saturated heterocycles. The molecule has 0 fully saturated rings. The van der Waals surface area contributed by atoms with E-state index in [-0.39, 0.29) is 5.56 Å². The number of benzene rings is 2. The summed E-state index contributed by atoms with van der Waals surface area (Å²) in [4.78, 5) is 0. The Morgan fingerprint density at radius 1 is 1.05 bits per heavy atom. The fourth-order valence-electron chi connectivity index (χ4n) is 2.29. The molecule has 106 valence electrons. The SMILES string of the molecule is CNC(Cc1ccccc1C)c1c(F)cc(F)cc1F. The Kier molecular flexibility index (Phi) is 4.45. The Morgan fingerprint density at radius 3 is 2.20 bits per heavy atom. The molecule has 1 nitrogen and oxygen atoms in total. The van der Waals surface area contributed by atoms with Crippen LogP contribution in [0.2, 0.25) is 0 Å². The number of hydrogen-bond acceptors (Lipinski definition) is 1. The molecule has 0 spiro atoms. The van der Waals surface area contributed by atoms with Gasteiger partial charge in [-0.25, -0.2) is 13.2 Å². The summed E-state index contributed by atoms with van der Waals surface area (Å²) in [5, 5.41) is 2.89. The lowest BCUT2D eigenvalue weighted by atomic mass is 9.95. The third-order valence-electron chi connectivity index (χ3n) is 3.43. The summed E-state index contributed by atoms with van der Waals surface area (Å²) in [6.07, 6.45) is 0.433. The first kappa shape index (κ1) is 14.6. The van der Waals surface area contributed by atoms with Gasteiger partial charge < -0.3 is 5.32 Å². The number of rotatable bonds is 4. The van der Waals surface area contributed by atoms with Crippen LogP contribution < -0.4 is 5.32 Å². The molecular formula is C16H16F3N. The van der Waals surface area contributed by atoms with Crippen LogP contribution in [-0.2, 0) is 6.42 Å². The Balaban J connectivity index is 2.37.